The molecule has 0 aliphatic rings. The number of hydrogen-bond acceptors (Lipinski definition) is 2. The summed E-state index contributed by atoms with van der Waals surface area (Å²) in [5, 5.41) is 8.62. The summed E-state index contributed by atoms with van der Waals surface area (Å²) in [4.78, 5) is 21.1. The number of aliphatic carboxylic acids is 1. The number of hydrogen-bond donors (Lipinski definition) is 1. The van der Waals surface area contributed by atoms with Gasteiger partial charge in [0.15, 0.2) is 0 Å². The van der Waals surface area contributed by atoms with Crippen LogP contribution in [-0.2, 0) is 11.2 Å². The van der Waals surface area contributed by atoms with Gasteiger partial charge in [0.05, 0.1) is 0 Å². The maximum atomic E-state index is 10.6. The number of carboxylic acid groups (broad SMARTS) is 1. The van der Waals surface area contributed by atoms with Crippen molar-refractivity contribution in [3.8, 4) is 0 Å². The van der Waals surface area contributed by atoms with Crippen LogP contribution in [0.5, 0.6) is 0 Å². The highest BCUT2D eigenvalue weighted by Crippen LogP contribution is 2.11. The van der Waals surface area contributed by atoms with Gasteiger partial charge in [-0.15, -0.1) is 0 Å². The van der Waals surface area contributed by atoms with Gasteiger partial charge in [-0.2, -0.15) is 0 Å². The minimum atomic E-state index is -1.04. The molecule has 72 valence electrons. The lowest BCUT2D eigenvalue weighted by Gasteiger charge is -2.03. The summed E-state index contributed by atoms with van der Waals surface area (Å²) in [5.41, 5.74) is 1.28. The van der Waals surface area contributed by atoms with E-state index < -0.39 is 5.97 Å². The van der Waals surface area contributed by atoms with Crippen LogP contribution in [0.1, 0.15) is 15.9 Å². The predicted molar refractivity (Wildman–Crippen MR) is 52.3 cm³/mol. The van der Waals surface area contributed by atoms with Crippen molar-refractivity contribution in [2.75, 3.05) is 0 Å². The van der Waals surface area contributed by atoms with Crippen molar-refractivity contribution in [2.45, 2.75) is 6.42 Å². The summed E-state index contributed by atoms with van der Waals surface area (Å²) in [6.07, 6.45) is 0.911. The topological polar surface area (TPSA) is 54.4 Å². The van der Waals surface area contributed by atoms with E-state index in [4.69, 9.17) is 5.11 Å². The Labute approximate surface area is 81.7 Å². The second-order valence-corrected chi connectivity index (χ2v) is 2.90. The van der Waals surface area contributed by atoms with E-state index in [-0.39, 0.29) is 12.0 Å². The average molecular weight is 190 g/mol. The number of rotatable bonds is 4. The molecule has 0 spiro atoms. The largest absolute Gasteiger partial charge is 0.478 e. The van der Waals surface area contributed by atoms with Crippen LogP contribution in [0.15, 0.2) is 36.4 Å². The first kappa shape index (κ1) is 10.2. The zero-order valence-electron chi connectivity index (χ0n) is 7.56. The Kier molecular flexibility index (Phi) is 3.18. The highest BCUT2D eigenvalue weighted by atomic mass is 16.4. The Balaban J connectivity index is 2.91. The van der Waals surface area contributed by atoms with Crippen molar-refractivity contribution < 1.29 is 14.7 Å². The molecule has 0 bridgehead atoms. The Bertz CT molecular complexity index is 380. The summed E-state index contributed by atoms with van der Waals surface area (Å²) < 4.78 is 0. The molecule has 1 N–H and O–H groups in total. The lowest BCUT2D eigenvalue weighted by atomic mass is 10.0. The first-order chi connectivity index (χ1) is 6.65. The van der Waals surface area contributed by atoms with Crippen LogP contribution in [-0.4, -0.2) is 17.4 Å². The zero-order chi connectivity index (χ0) is 10.6. The van der Waals surface area contributed by atoms with Gasteiger partial charge in [-0.25, -0.2) is 4.79 Å². The molecule has 0 heterocycles. The van der Waals surface area contributed by atoms with Crippen molar-refractivity contribution in [2.24, 2.45) is 0 Å². The smallest absolute Gasteiger partial charge is 0.331 e. The lowest BCUT2D eigenvalue weighted by molar-refractivity contribution is -0.132. The van der Waals surface area contributed by atoms with Gasteiger partial charge in [0.2, 0.25) is 0 Å². The maximum absolute atomic E-state index is 10.6. The number of benzene rings is 1. The SMILES string of the molecule is C=C(Cc1ccccc1C=O)C(=O)O. The highest BCUT2D eigenvalue weighted by Gasteiger charge is 2.07. The first-order valence-corrected chi connectivity index (χ1v) is 4.09. The molecule has 0 aromatic heterocycles. The molecule has 1 aromatic rings. The molecule has 0 unspecified atom stereocenters. The molecule has 0 saturated heterocycles. The van der Waals surface area contributed by atoms with Crippen molar-refractivity contribution in [3.63, 3.8) is 0 Å². The third-order valence-electron chi connectivity index (χ3n) is 1.89. The molecule has 0 radical (unpaired) electrons. The molecule has 0 saturated carbocycles. The van der Waals surface area contributed by atoms with Crippen molar-refractivity contribution >= 4 is 12.3 Å². The fourth-order valence-corrected chi connectivity index (χ4v) is 1.12. The Morgan fingerprint density at radius 3 is 2.64 bits per heavy atom. The number of aldehydes is 1. The van der Waals surface area contributed by atoms with Gasteiger partial charge in [-0.05, 0) is 5.56 Å². The molecule has 3 nitrogen and oxygen atoms in total. The van der Waals surface area contributed by atoms with E-state index in [2.05, 4.69) is 6.58 Å². The van der Waals surface area contributed by atoms with Gasteiger partial charge in [0.25, 0.3) is 0 Å². The monoisotopic (exact) mass is 190 g/mol. The minimum absolute atomic E-state index is 0.0827. The fourth-order valence-electron chi connectivity index (χ4n) is 1.12. The van der Waals surface area contributed by atoms with Crippen LogP contribution < -0.4 is 0 Å². The van der Waals surface area contributed by atoms with E-state index >= 15 is 0 Å². The van der Waals surface area contributed by atoms with Gasteiger partial charge >= 0.3 is 5.97 Å². The lowest BCUT2D eigenvalue weighted by Crippen LogP contribution is -2.03. The van der Waals surface area contributed by atoms with Crippen molar-refractivity contribution in [1.29, 1.82) is 0 Å². The zero-order valence-corrected chi connectivity index (χ0v) is 7.56. The van der Waals surface area contributed by atoms with E-state index in [9.17, 15) is 9.59 Å². The molecule has 14 heavy (non-hydrogen) atoms. The highest BCUT2D eigenvalue weighted by molar-refractivity contribution is 5.87. The van der Waals surface area contributed by atoms with Gasteiger partial charge in [-0.1, -0.05) is 30.8 Å². The normalized spacial score (nSPS) is 9.43. The van der Waals surface area contributed by atoms with E-state index in [0.717, 1.165) is 0 Å². The van der Waals surface area contributed by atoms with E-state index in [1.165, 1.54) is 0 Å². The van der Waals surface area contributed by atoms with Crippen LogP contribution in [0, 0.1) is 0 Å². The third kappa shape index (κ3) is 2.29. The molecule has 1 rings (SSSR count). The first-order valence-electron chi connectivity index (χ1n) is 4.09. The van der Waals surface area contributed by atoms with Gasteiger partial charge in [-0.3, -0.25) is 4.79 Å². The average Bonchev–Trinajstić information content (AvgIpc) is 2.18. The second kappa shape index (κ2) is 4.37. The van der Waals surface area contributed by atoms with Crippen LogP contribution >= 0.6 is 0 Å². The van der Waals surface area contributed by atoms with Crippen LogP contribution in [0.25, 0.3) is 0 Å². The molecule has 0 atom stereocenters. The molecule has 1 aromatic carbocycles. The summed E-state index contributed by atoms with van der Waals surface area (Å²) >= 11 is 0. The quantitative estimate of drug-likeness (QED) is 0.580. The summed E-state index contributed by atoms with van der Waals surface area (Å²) in [5.74, 6) is -1.04. The van der Waals surface area contributed by atoms with E-state index in [0.29, 0.717) is 17.4 Å². The molecule has 0 aliphatic carbocycles. The summed E-state index contributed by atoms with van der Waals surface area (Å²) in [6, 6.07) is 6.86. The maximum Gasteiger partial charge on any atom is 0.331 e. The molecule has 0 amide bonds. The molecular formula is C11H10O3. The van der Waals surface area contributed by atoms with Gasteiger partial charge < -0.3 is 5.11 Å². The van der Waals surface area contributed by atoms with E-state index in [1.807, 2.05) is 0 Å². The molecule has 0 aliphatic heterocycles. The van der Waals surface area contributed by atoms with Gasteiger partial charge in [0, 0.05) is 17.6 Å². The molecule has 3 heteroatoms. The number of carbonyl (C=O) groups excluding carboxylic acids is 1. The van der Waals surface area contributed by atoms with Crippen LogP contribution in [0.2, 0.25) is 0 Å². The third-order valence-corrected chi connectivity index (χ3v) is 1.89. The summed E-state index contributed by atoms with van der Waals surface area (Å²) in [7, 11) is 0. The van der Waals surface area contributed by atoms with E-state index in [1.54, 1.807) is 24.3 Å². The molecular weight excluding hydrogens is 180 g/mol. The summed E-state index contributed by atoms with van der Waals surface area (Å²) in [6.45, 7) is 3.41. The Morgan fingerprint density at radius 1 is 1.43 bits per heavy atom. The minimum Gasteiger partial charge on any atom is -0.478 e. The predicted octanol–water partition coefficient (Wildman–Crippen LogP) is 1.68. The molecule has 0 fully saturated rings. The Morgan fingerprint density at radius 2 is 2.07 bits per heavy atom. The standard InChI is InChI=1S/C11H10O3/c1-8(11(13)14)6-9-4-2-3-5-10(9)7-12/h2-5,7H,1,6H2,(H,13,14). The van der Waals surface area contributed by atoms with Gasteiger partial charge in [0.1, 0.15) is 6.29 Å². The Hall–Kier alpha value is -1.90. The van der Waals surface area contributed by atoms with Crippen LogP contribution in [0.4, 0.5) is 0 Å². The van der Waals surface area contributed by atoms with Crippen molar-refractivity contribution in [3.05, 3.63) is 47.5 Å². The van der Waals surface area contributed by atoms with Crippen molar-refractivity contribution in [1.82, 2.24) is 0 Å². The fraction of sp³-hybridized carbons (Fsp3) is 0.0909. The number of carboxylic acids is 1. The number of carbonyl (C=O) groups is 2. The van der Waals surface area contributed by atoms with Crippen LogP contribution in [0.3, 0.4) is 0 Å². The second-order valence-electron chi connectivity index (χ2n) is 2.90.